The predicted octanol–water partition coefficient (Wildman–Crippen LogP) is 2.69. The van der Waals surface area contributed by atoms with Gasteiger partial charge in [-0.3, -0.25) is 0 Å². The monoisotopic (exact) mass is 199 g/mol. The summed E-state index contributed by atoms with van der Waals surface area (Å²) in [4.78, 5) is 4.10. The minimum Gasteiger partial charge on any atom is -0.326 e. The fourth-order valence-electron chi connectivity index (χ4n) is 2.20. The molecule has 76 valence electrons. The summed E-state index contributed by atoms with van der Waals surface area (Å²) in [6.07, 6.45) is 13.5. The first-order valence-corrected chi connectivity index (χ1v) is 5.29. The highest BCUT2D eigenvalue weighted by molar-refractivity contribution is 5.75. The number of allylic oxidation sites excluding steroid dienone is 2. The van der Waals surface area contributed by atoms with Crippen molar-refractivity contribution in [3.8, 4) is 0 Å². The van der Waals surface area contributed by atoms with Gasteiger partial charge in [0.2, 0.25) is 0 Å². The number of imidazole rings is 1. The molecule has 3 nitrogen and oxygen atoms in total. The Kier molecular flexibility index (Phi) is 1.95. The molecule has 0 saturated heterocycles. The Hall–Kier alpha value is -1.77. The maximum atomic E-state index is 4.10. The second kappa shape index (κ2) is 3.42. The van der Waals surface area contributed by atoms with Crippen LogP contribution in [0.2, 0.25) is 0 Å². The smallest absolute Gasteiger partial charge is 0.0989 e. The molecule has 0 fully saturated rings. The average Bonchev–Trinajstić information content (AvgIpc) is 3.01. The van der Waals surface area contributed by atoms with Gasteiger partial charge in [-0.15, -0.1) is 0 Å². The van der Waals surface area contributed by atoms with E-state index < -0.39 is 0 Å². The third-order valence-corrected chi connectivity index (χ3v) is 2.89. The molecule has 0 atom stereocenters. The molecule has 0 N–H and O–H groups in total. The van der Waals surface area contributed by atoms with Crippen LogP contribution in [-0.2, 0) is 0 Å². The summed E-state index contributed by atoms with van der Waals surface area (Å²) in [6, 6.07) is 4.13. The van der Waals surface area contributed by atoms with Crippen molar-refractivity contribution < 1.29 is 0 Å². The summed E-state index contributed by atoms with van der Waals surface area (Å²) in [5.41, 5.74) is 2.78. The molecule has 0 aliphatic heterocycles. The van der Waals surface area contributed by atoms with Crippen molar-refractivity contribution in [3.63, 3.8) is 0 Å². The van der Waals surface area contributed by atoms with E-state index in [0.717, 1.165) is 12.8 Å². The van der Waals surface area contributed by atoms with E-state index in [4.69, 9.17) is 0 Å². The molecule has 3 heteroatoms. The number of hydrogen-bond acceptors (Lipinski definition) is 1. The molecule has 2 aromatic rings. The molecule has 0 spiro atoms. The van der Waals surface area contributed by atoms with Crippen molar-refractivity contribution in [2.24, 2.45) is 0 Å². The Bertz CT molecular complexity index is 419. The van der Waals surface area contributed by atoms with E-state index >= 15 is 0 Å². The SMILES string of the molecule is c1ccn(C2=C(n3ccnc3)CCC2)c1. The minimum atomic E-state index is 1.14. The number of rotatable bonds is 2. The molecule has 15 heavy (non-hydrogen) atoms. The van der Waals surface area contributed by atoms with Crippen LogP contribution in [0, 0.1) is 0 Å². The Morgan fingerprint density at radius 1 is 0.933 bits per heavy atom. The molecule has 1 aliphatic rings. The van der Waals surface area contributed by atoms with Gasteiger partial charge in [-0.25, -0.2) is 4.98 Å². The van der Waals surface area contributed by atoms with Crippen molar-refractivity contribution in [2.75, 3.05) is 0 Å². The Morgan fingerprint density at radius 3 is 2.33 bits per heavy atom. The summed E-state index contributed by atoms with van der Waals surface area (Å²) in [5, 5.41) is 0. The lowest BCUT2D eigenvalue weighted by molar-refractivity contribution is 0.893. The summed E-state index contributed by atoms with van der Waals surface area (Å²) in [7, 11) is 0. The third kappa shape index (κ3) is 1.40. The van der Waals surface area contributed by atoms with Crippen LogP contribution >= 0.6 is 0 Å². The van der Waals surface area contributed by atoms with Crippen LogP contribution in [0.4, 0.5) is 0 Å². The van der Waals surface area contributed by atoms with Crippen LogP contribution in [0.3, 0.4) is 0 Å². The highest BCUT2D eigenvalue weighted by Gasteiger charge is 2.16. The van der Waals surface area contributed by atoms with Crippen LogP contribution in [0.25, 0.3) is 11.4 Å². The largest absolute Gasteiger partial charge is 0.326 e. The molecule has 2 aromatic heterocycles. The summed E-state index contributed by atoms with van der Waals surface area (Å²) in [6.45, 7) is 0. The minimum absolute atomic E-state index is 1.14. The van der Waals surface area contributed by atoms with Crippen molar-refractivity contribution >= 4 is 11.4 Å². The third-order valence-electron chi connectivity index (χ3n) is 2.89. The van der Waals surface area contributed by atoms with Crippen LogP contribution in [0.5, 0.6) is 0 Å². The molecular formula is C12H13N3. The maximum Gasteiger partial charge on any atom is 0.0989 e. The second-order valence-electron chi connectivity index (χ2n) is 3.81. The fourth-order valence-corrected chi connectivity index (χ4v) is 2.20. The highest BCUT2D eigenvalue weighted by Crippen LogP contribution is 2.32. The second-order valence-corrected chi connectivity index (χ2v) is 3.81. The van der Waals surface area contributed by atoms with E-state index in [2.05, 4.69) is 38.6 Å². The first-order chi connectivity index (χ1) is 7.45. The number of aromatic nitrogens is 3. The van der Waals surface area contributed by atoms with Gasteiger partial charge in [0.25, 0.3) is 0 Å². The van der Waals surface area contributed by atoms with Crippen LogP contribution in [0.15, 0.2) is 43.2 Å². The zero-order valence-corrected chi connectivity index (χ0v) is 8.50. The molecule has 2 heterocycles. The van der Waals surface area contributed by atoms with Gasteiger partial charge in [0, 0.05) is 36.2 Å². The quantitative estimate of drug-likeness (QED) is 0.729. The standard InChI is InChI=1S/C12H13N3/c1-2-8-14(7-1)11-4-3-5-12(11)15-9-6-13-10-15/h1-2,6-10H,3-5H2. The lowest BCUT2D eigenvalue weighted by Crippen LogP contribution is -1.97. The first-order valence-electron chi connectivity index (χ1n) is 5.29. The zero-order chi connectivity index (χ0) is 10.1. The molecule has 1 aliphatic carbocycles. The van der Waals surface area contributed by atoms with Gasteiger partial charge < -0.3 is 9.13 Å². The first kappa shape index (κ1) is 8.53. The molecule has 0 bridgehead atoms. The molecule has 3 rings (SSSR count). The average molecular weight is 199 g/mol. The highest BCUT2D eigenvalue weighted by atomic mass is 15.1. The maximum absolute atomic E-state index is 4.10. The molecular weight excluding hydrogens is 186 g/mol. The summed E-state index contributed by atoms with van der Waals surface area (Å²) in [5.74, 6) is 0. The van der Waals surface area contributed by atoms with E-state index in [1.807, 2.05) is 18.7 Å². The van der Waals surface area contributed by atoms with E-state index in [0.29, 0.717) is 0 Å². The fraction of sp³-hybridized carbons (Fsp3) is 0.250. The van der Waals surface area contributed by atoms with E-state index in [1.54, 1.807) is 0 Å². The lowest BCUT2D eigenvalue weighted by atomic mass is 10.3. The van der Waals surface area contributed by atoms with Gasteiger partial charge in [-0.2, -0.15) is 0 Å². The summed E-state index contributed by atoms with van der Waals surface area (Å²) < 4.78 is 4.34. The topological polar surface area (TPSA) is 22.8 Å². The Morgan fingerprint density at radius 2 is 1.67 bits per heavy atom. The molecule has 0 unspecified atom stereocenters. The van der Waals surface area contributed by atoms with Crippen molar-refractivity contribution in [2.45, 2.75) is 19.3 Å². The van der Waals surface area contributed by atoms with Gasteiger partial charge >= 0.3 is 0 Å². The van der Waals surface area contributed by atoms with Gasteiger partial charge in [0.15, 0.2) is 0 Å². The normalized spacial score (nSPS) is 16.3. The number of hydrogen-bond donors (Lipinski definition) is 0. The van der Waals surface area contributed by atoms with Crippen molar-refractivity contribution in [1.82, 2.24) is 14.1 Å². The van der Waals surface area contributed by atoms with Crippen molar-refractivity contribution in [3.05, 3.63) is 43.2 Å². The van der Waals surface area contributed by atoms with Gasteiger partial charge in [-0.1, -0.05) is 0 Å². The van der Waals surface area contributed by atoms with Crippen LogP contribution in [0.1, 0.15) is 19.3 Å². The van der Waals surface area contributed by atoms with Gasteiger partial charge in [0.1, 0.15) is 0 Å². The summed E-state index contributed by atoms with van der Waals surface area (Å²) >= 11 is 0. The molecule has 0 amide bonds. The number of nitrogens with zero attached hydrogens (tertiary/aromatic N) is 3. The Balaban J connectivity index is 2.09. The molecule has 0 saturated carbocycles. The zero-order valence-electron chi connectivity index (χ0n) is 8.50. The Labute approximate surface area is 88.7 Å². The molecule has 0 aromatic carbocycles. The van der Waals surface area contributed by atoms with Crippen LogP contribution < -0.4 is 0 Å². The van der Waals surface area contributed by atoms with E-state index in [9.17, 15) is 0 Å². The van der Waals surface area contributed by atoms with E-state index in [1.165, 1.54) is 17.8 Å². The van der Waals surface area contributed by atoms with Crippen molar-refractivity contribution in [1.29, 1.82) is 0 Å². The molecule has 0 radical (unpaired) electrons. The predicted molar refractivity (Wildman–Crippen MR) is 59.9 cm³/mol. The van der Waals surface area contributed by atoms with E-state index in [-0.39, 0.29) is 0 Å². The van der Waals surface area contributed by atoms with Gasteiger partial charge in [0.05, 0.1) is 6.33 Å². The van der Waals surface area contributed by atoms with Gasteiger partial charge in [-0.05, 0) is 31.4 Å². The lowest BCUT2D eigenvalue weighted by Gasteiger charge is -2.09. The van der Waals surface area contributed by atoms with Crippen LogP contribution in [-0.4, -0.2) is 14.1 Å².